The van der Waals surface area contributed by atoms with Crippen LogP contribution in [0.5, 0.6) is 0 Å². The molecule has 0 bridgehead atoms. The lowest BCUT2D eigenvalue weighted by molar-refractivity contribution is -0.362. The van der Waals surface area contributed by atoms with Crippen molar-refractivity contribution < 1.29 is 22.7 Å². The van der Waals surface area contributed by atoms with Crippen LogP contribution < -0.4 is 5.32 Å². The third kappa shape index (κ3) is 4.18. The number of fused-ring (bicyclic) bond motifs is 2. The maximum atomic E-state index is 15.3. The predicted octanol–water partition coefficient (Wildman–Crippen LogP) is 4.00. The number of carbonyl (C=O) groups is 2. The minimum Gasteiger partial charge on any atom is -0.394 e. The maximum Gasteiger partial charge on any atom is 0.737 e. The zero-order valence-corrected chi connectivity index (χ0v) is 18.4. The van der Waals surface area contributed by atoms with Crippen LogP contribution in [0.4, 0.5) is 8.63 Å². The van der Waals surface area contributed by atoms with Crippen molar-refractivity contribution in [3.63, 3.8) is 0 Å². The van der Waals surface area contributed by atoms with E-state index < -0.39 is 12.4 Å². The summed E-state index contributed by atoms with van der Waals surface area (Å²) in [5.41, 5.74) is 2.39. The molecule has 0 saturated carbocycles. The highest BCUT2D eigenvalue weighted by Crippen LogP contribution is 2.34. The number of Topliss-reactive ketones (excluding diaryl/α,β-unsaturated/α-hetero) is 1. The van der Waals surface area contributed by atoms with Crippen LogP contribution >= 0.6 is 0 Å². The van der Waals surface area contributed by atoms with Gasteiger partial charge in [-0.25, -0.2) is 0 Å². The van der Waals surface area contributed by atoms with Crippen molar-refractivity contribution >= 4 is 30.4 Å². The fourth-order valence-corrected chi connectivity index (χ4v) is 4.04. The summed E-state index contributed by atoms with van der Waals surface area (Å²) in [6.07, 6.45) is 6.52. The molecule has 162 valence electrons. The second-order valence-corrected chi connectivity index (χ2v) is 9.22. The van der Waals surface area contributed by atoms with Gasteiger partial charge in [0, 0.05) is 55.1 Å². The average Bonchev–Trinajstić information content (AvgIpc) is 3.17. The first-order chi connectivity index (χ1) is 13.9. The summed E-state index contributed by atoms with van der Waals surface area (Å²) in [5, 5.41) is 2.82. The predicted molar refractivity (Wildman–Crippen MR) is 116 cm³/mol. The van der Waals surface area contributed by atoms with Gasteiger partial charge in [-0.1, -0.05) is 20.8 Å². The van der Waals surface area contributed by atoms with Gasteiger partial charge in [-0.3, -0.25) is 9.59 Å². The van der Waals surface area contributed by atoms with Crippen LogP contribution in [-0.2, 0) is 9.59 Å². The minimum atomic E-state index is -3.99. The van der Waals surface area contributed by atoms with Gasteiger partial charge in [-0.15, -0.1) is 0 Å². The van der Waals surface area contributed by atoms with Gasteiger partial charge >= 0.3 is 6.97 Å². The Morgan fingerprint density at radius 1 is 1.17 bits per heavy atom. The molecule has 5 nitrogen and oxygen atoms in total. The first-order valence-electron chi connectivity index (χ1n) is 10.5. The van der Waals surface area contributed by atoms with Gasteiger partial charge in [-0.2, -0.15) is 0 Å². The fraction of sp³-hybridized carbons (Fsp3) is 0.500. The summed E-state index contributed by atoms with van der Waals surface area (Å²) in [4.78, 5) is 24.1. The molecule has 0 unspecified atom stereocenters. The maximum absolute atomic E-state index is 15.3. The van der Waals surface area contributed by atoms with Crippen molar-refractivity contribution in [2.75, 3.05) is 6.54 Å². The smallest absolute Gasteiger partial charge is 0.394 e. The van der Waals surface area contributed by atoms with Crippen molar-refractivity contribution in [2.24, 2.45) is 5.41 Å². The van der Waals surface area contributed by atoms with Crippen LogP contribution in [0.1, 0.15) is 63.4 Å². The zero-order chi connectivity index (χ0) is 22.3. The number of rotatable bonds is 7. The van der Waals surface area contributed by atoms with Crippen LogP contribution in [0.2, 0.25) is 0 Å². The molecule has 2 aliphatic heterocycles. The van der Waals surface area contributed by atoms with Crippen molar-refractivity contribution in [2.45, 2.75) is 60.3 Å². The zero-order valence-electron chi connectivity index (χ0n) is 18.4. The molecular formula is C22H30BF2N3O2. The van der Waals surface area contributed by atoms with Gasteiger partial charge in [0.25, 0.3) is 0 Å². The molecule has 0 atom stereocenters. The molecule has 0 aromatic carbocycles. The van der Waals surface area contributed by atoms with E-state index in [0.717, 1.165) is 14.5 Å². The number of aryl methyl sites for hydroxylation is 2. The molecule has 8 heteroatoms. The molecule has 1 aromatic rings. The van der Waals surface area contributed by atoms with Gasteiger partial charge in [0.1, 0.15) is 11.5 Å². The number of ketones is 1. The number of nitrogens with zero attached hydrogens (tertiary/aromatic N) is 2. The fourth-order valence-electron chi connectivity index (χ4n) is 4.04. The number of carbonyl (C=O) groups excluding carboxylic acids is 2. The molecule has 30 heavy (non-hydrogen) atoms. The highest BCUT2D eigenvalue weighted by Gasteiger charge is 2.52. The Morgan fingerprint density at radius 3 is 2.53 bits per heavy atom. The number of nitrogens with one attached hydrogen (secondary N) is 1. The van der Waals surface area contributed by atoms with Crippen molar-refractivity contribution in [1.29, 1.82) is 0 Å². The molecule has 1 aromatic heterocycles. The van der Waals surface area contributed by atoms with Gasteiger partial charge in [0.2, 0.25) is 5.91 Å². The average molecular weight is 417 g/mol. The Hall–Kier alpha value is -2.51. The van der Waals surface area contributed by atoms with Gasteiger partial charge in [0.15, 0.2) is 5.70 Å². The summed E-state index contributed by atoms with van der Waals surface area (Å²) in [7, 11) is 0. The van der Waals surface area contributed by atoms with Crippen LogP contribution in [0.25, 0.3) is 6.08 Å². The summed E-state index contributed by atoms with van der Waals surface area (Å²) < 4.78 is 32.9. The first kappa shape index (κ1) is 22.2. The molecule has 0 radical (unpaired) electrons. The minimum absolute atomic E-state index is 0.0137. The quantitative estimate of drug-likeness (QED) is 0.539. The molecule has 2 aliphatic rings. The van der Waals surface area contributed by atoms with E-state index in [1.807, 2.05) is 27.7 Å². The molecule has 1 N–H and O–H groups in total. The third-order valence-corrected chi connectivity index (χ3v) is 5.67. The van der Waals surface area contributed by atoms with E-state index in [2.05, 4.69) is 5.32 Å². The Balaban J connectivity index is 1.61. The summed E-state index contributed by atoms with van der Waals surface area (Å²) >= 11 is 0. The molecular weight excluding hydrogens is 387 g/mol. The number of hydrogen-bond donors (Lipinski definition) is 1. The molecule has 1 amide bonds. The molecule has 0 fully saturated rings. The third-order valence-electron chi connectivity index (χ3n) is 5.67. The Morgan fingerprint density at radius 2 is 1.87 bits per heavy atom. The van der Waals surface area contributed by atoms with Crippen LogP contribution in [0, 0.1) is 19.3 Å². The largest absolute Gasteiger partial charge is 0.737 e. The standard InChI is InChI=1S/C22H30BF2N3O2/c1-15-13-16(2)27-20(15)14-18-9-8-17(28(18)23(27,24)25)10-11-19(29)7-6-12-26-21(30)22(3,4)5/h8-9,13-14H,6-7,10-12H2,1-5H3,(H,26,30). The highest BCUT2D eigenvalue weighted by atomic mass is 19.2. The van der Waals surface area contributed by atoms with E-state index in [1.165, 1.54) is 0 Å². The molecule has 0 saturated heterocycles. The monoisotopic (exact) mass is 417 g/mol. The number of aromatic nitrogens is 1. The second kappa shape index (κ2) is 7.97. The number of allylic oxidation sites excluding steroid dienone is 2. The topological polar surface area (TPSA) is 54.1 Å². The Kier molecular flexibility index (Phi) is 5.89. The molecule has 0 aliphatic carbocycles. The van der Waals surface area contributed by atoms with Crippen LogP contribution in [0.3, 0.4) is 0 Å². The number of amides is 1. The van der Waals surface area contributed by atoms with Gasteiger partial charge in [-0.05, 0) is 37.6 Å². The van der Waals surface area contributed by atoms with E-state index in [0.29, 0.717) is 42.2 Å². The first-order valence-corrected chi connectivity index (χ1v) is 10.5. The normalized spacial score (nSPS) is 17.0. The summed E-state index contributed by atoms with van der Waals surface area (Å²) in [6.45, 7) is 5.48. The Labute approximate surface area is 176 Å². The van der Waals surface area contributed by atoms with Crippen molar-refractivity contribution in [1.82, 2.24) is 9.79 Å². The van der Waals surface area contributed by atoms with E-state index in [4.69, 9.17) is 0 Å². The van der Waals surface area contributed by atoms with Gasteiger partial charge < -0.3 is 22.9 Å². The number of hydrogen-bond acceptors (Lipinski definition) is 2. The lowest BCUT2D eigenvalue weighted by Crippen LogP contribution is -2.50. The van der Waals surface area contributed by atoms with Crippen molar-refractivity contribution in [3.05, 3.63) is 40.9 Å². The van der Waals surface area contributed by atoms with E-state index >= 15 is 8.63 Å². The van der Waals surface area contributed by atoms with Crippen LogP contribution in [-0.4, -0.2) is 39.9 Å². The lowest BCUT2D eigenvalue weighted by atomic mass is 9.90. The molecule has 3 heterocycles. The number of halogens is 2. The molecule has 0 spiro atoms. The molecule has 3 rings (SSSR count). The van der Waals surface area contributed by atoms with E-state index in [1.54, 1.807) is 31.2 Å². The Bertz CT molecular complexity index is 981. The van der Waals surface area contributed by atoms with Gasteiger partial charge in [0.05, 0.1) is 0 Å². The lowest BCUT2D eigenvalue weighted by Gasteiger charge is -2.30. The SMILES string of the molecule is Cc1cc(C)n2c1C=C1C=CC(CCC(=O)CCCNC(=O)C(C)(C)C)=[N+]1[B-]2(F)F. The van der Waals surface area contributed by atoms with Crippen LogP contribution in [0.15, 0.2) is 23.9 Å². The van der Waals surface area contributed by atoms with Crippen molar-refractivity contribution in [3.8, 4) is 0 Å². The summed E-state index contributed by atoms with van der Waals surface area (Å²) in [5.74, 6) is -0.0368. The second-order valence-electron chi connectivity index (χ2n) is 9.22. The van der Waals surface area contributed by atoms with E-state index in [-0.39, 0.29) is 24.5 Å². The summed E-state index contributed by atoms with van der Waals surface area (Å²) in [6, 6.07) is 1.77. The highest BCUT2D eigenvalue weighted by molar-refractivity contribution is 6.58. The van der Waals surface area contributed by atoms with E-state index in [9.17, 15) is 9.59 Å².